The number of aliphatic hydroxyl groups excluding tert-OH is 1. The number of amides is 1. The van der Waals surface area contributed by atoms with E-state index in [1.807, 2.05) is 13.8 Å². The molecule has 1 amide bonds. The Labute approximate surface area is 199 Å². The van der Waals surface area contributed by atoms with Gasteiger partial charge in [0.15, 0.2) is 0 Å². The summed E-state index contributed by atoms with van der Waals surface area (Å²) in [6.07, 6.45) is -0.945. The molecule has 7 nitrogen and oxygen atoms in total. The number of aliphatic hydroxyl groups is 1. The highest BCUT2D eigenvalue weighted by Gasteiger charge is 2.45. The van der Waals surface area contributed by atoms with Crippen molar-refractivity contribution in [2.45, 2.75) is 58.1 Å². The highest BCUT2D eigenvalue weighted by Crippen LogP contribution is 2.39. The Morgan fingerprint density at radius 1 is 1.39 bits per heavy atom. The molecule has 1 fully saturated rings. The van der Waals surface area contributed by atoms with Crippen molar-refractivity contribution >= 4 is 27.5 Å². The van der Waals surface area contributed by atoms with Crippen LogP contribution in [0.2, 0.25) is 0 Å². The summed E-state index contributed by atoms with van der Waals surface area (Å²) >= 11 is 3.42. The highest BCUT2D eigenvalue weighted by molar-refractivity contribution is 9.10. The maximum atomic E-state index is 15.2. The standard InChI is InChI=1S/C23H28BrF2N3O4/c1-12(2)15-7-19(20(31)6-5-16(15)24)28-21-17(25)8-23(4,9-18(21)26)29-11-14(33-22(29)32)10-27-13(3)30/h5-8,12,14,22,32H,9-11H2,1-4H3,(H,27,30)(H,28,31)/t14-,22?,23?/m0/s1. The number of nitrogens with zero attached hydrogens (tertiary/aromatic N) is 1. The molecule has 33 heavy (non-hydrogen) atoms. The van der Waals surface area contributed by atoms with Gasteiger partial charge in [0.25, 0.3) is 0 Å². The first-order valence-electron chi connectivity index (χ1n) is 10.6. The van der Waals surface area contributed by atoms with Gasteiger partial charge in [-0.1, -0.05) is 29.8 Å². The summed E-state index contributed by atoms with van der Waals surface area (Å²) in [5, 5.41) is 15.6. The van der Waals surface area contributed by atoms with E-state index in [0.717, 1.165) is 10.0 Å². The van der Waals surface area contributed by atoms with E-state index < -0.39 is 40.8 Å². The van der Waals surface area contributed by atoms with Crippen molar-refractivity contribution in [2.75, 3.05) is 18.4 Å². The lowest BCUT2D eigenvalue weighted by atomic mass is 9.89. The van der Waals surface area contributed by atoms with Crippen molar-refractivity contribution in [3.63, 3.8) is 0 Å². The molecule has 2 unspecified atom stereocenters. The third kappa shape index (κ3) is 5.68. The van der Waals surface area contributed by atoms with E-state index in [9.17, 15) is 14.7 Å². The van der Waals surface area contributed by atoms with Crippen LogP contribution in [0.3, 0.4) is 0 Å². The molecule has 0 aromatic heterocycles. The van der Waals surface area contributed by atoms with E-state index in [-0.39, 0.29) is 37.0 Å². The van der Waals surface area contributed by atoms with Crippen molar-refractivity contribution < 1.29 is 23.4 Å². The first-order chi connectivity index (χ1) is 15.4. The van der Waals surface area contributed by atoms with Crippen LogP contribution < -0.4 is 16.1 Å². The predicted molar refractivity (Wildman–Crippen MR) is 125 cm³/mol. The fraction of sp³-hybridized carbons (Fsp3) is 0.478. The zero-order valence-corrected chi connectivity index (χ0v) is 20.5. The van der Waals surface area contributed by atoms with Gasteiger partial charge in [-0.3, -0.25) is 9.59 Å². The molecule has 0 bridgehead atoms. The lowest BCUT2D eigenvalue weighted by Crippen LogP contribution is -2.50. The maximum absolute atomic E-state index is 15.2. The van der Waals surface area contributed by atoms with Crippen LogP contribution in [0.15, 0.2) is 50.9 Å². The summed E-state index contributed by atoms with van der Waals surface area (Å²) in [6, 6.07) is 4.53. The van der Waals surface area contributed by atoms with Crippen LogP contribution in [0.4, 0.5) is 14.5 Å². The van der Waals surface area contributed by atoms with Gasteiger partial charge in [-0.2, -0.15) is 0 Å². The lowest BCUT2D eigenvalue weighted by molar-refractivity contribution is -0.168. The van der Waals surface area contributed by atoms with Gasteiger partial charge in [0.2, 0.25) is 17.7 Å². The van der Waals surface area contributed by atoms with Crippen molar-refractivity contribution in [3.05, 3.63) is 61.9 Å². The van der Waals surface area contributed by atoms with Gasteiger partial charge in [0, 0.05) is 30.9 Å². The van der Waals surface area contributed by atoms with E-state index in [4.69, 9.17) is 4.74 Å². The topological polar surface area (TPSA) is 90.9 Å². The molecule has 10 heteroatoms. The van der Waals surface area contributed by atoms with Crippen LogP contribution in [-0.2, 0) is 9.53 Å². The molecule has 1 heterocycles. The molecule has 0 saturated carbocycles. The first-order valence-corrected chi connectivity index (χ1v) is 11.4. The second-order valence-electron chi connectivity index (χ2n) is 8.82. The van der Waals surface area contributed by atoms with Gasteiger partial charge >= 0.3 is 0 Å². The normalized spacial score (nSPS) is 25.9. The molecule has 3 atom stereocenters. The number of ether oxygens (including phenoxy) is 1. The van der Waals surface area contributed by atoms with E-state index >= 15 is 8.78 Å². The summed E-state index contributed by atoms with van der Waals surface area (Å²) in [7, 11) is 0. The summed E-state index contributed by atoms with van der Waals surface area (Å²) in [6.45, 7) is 7.18. The Morgan fingerprint density at radius 2 is 2.09 bits per heavy atom. The summed E-state index contributed by atoms with van der Waals surface area (Å²) in [5.74, 6) is -1.84. The third-order valence-electron chi connectivity index (χ3n) is 5.78. The minimum atomic E-state index is -1.38. The molecule has 1 aromatic rings. The minimum absolute atomic E-state index is 0.0571. The Balaban J connectivity index is 1.85. The monoisotopic (exact) mass is 527 g/mol. The number of halogens is 3. The average Bonchev–Trinajstić information content (AvgIpc) is 3.03. The zero-order chi connectivity index (χ0) is 24.5. The number of allylic oxidation sites excluding steroid dienone is 1. The van der Waals surface area contributed by atoms with E-state index in [1.165, 1.54) is 24.0 Å². The van der Waals surface area contributed by atoms with Crippen LogP contribution >= 0.6 is 15.9 Å². The van der Waals surface area contributed by atoms with Gasteiger partial charge in [0.05, 0.1) is 17.3 Å². The summed E-state index contributed by atoms with van der Waals surface area (Å²) < 4.78 is 36.5. The minimum Gasteiger partial charge on any atom is -0.356 e. The largest absolute Gasteiger partial charge is 0.356 e. The molecule has 2 aliphatic rings. The average molecular weight is 528 g/mol. The van der Waals surface area contributed by atoms with Crippen LogP contribution in [0.5, 0.6) is 0 Å². The van der Waals surface area contributed by atoms with Gasteiger partial charge in [-0.05, 0) is 42.7 Å². The Morgan fingerprint density at radius 3 is 2.70 bits per heavy atom. The number of nitrogens with one attached hydrogen (secondary N) is 2. The van der Waals surface area contributed by atoms with Crippen LogP contribution in [-0.4, -0.2) is 47.1 Å². The van der Waals surface area contributed by atoms with Crippen LogP contribution in [0.1, 0.15) is 45.6 Å². The molecule has 180 valence electrons. The SMILES string of the molecule is CC(=O)NC[C@H]1CN(C2(C)C=C(F)C(Nc3cc(C(C)C)c(Br)ccc3=O)=C(F)C2)C(O)O1. The van der Waals surface area contributed by atoms with Crippen LogP contribution in [0.25, 0.3) is 0 Å². The Bertz CT molecular complexity index is 1060. The number of carbonyl (C=O) groups excluding carboxylic acids is 1. The quantitative estimate of drug-likeness (QED) is 0.523. The van der Waals surface area contributed by atoms with E-state index in [0.29, 0.717) is 0 Å². The fourth-order valence-electron chi connectivity index (χ4n) is 3.97. The third-order valence-corrected chi connectivity index (χ3v) is 6.50. The summed E-state index contributed by atoms with van der Waals surface area (Å²) in [5.41, 5.74) is -1.16. The maximum Gasteiger partial charge on any atom is 0.217 e. The number of hydrogen-bond acceptors (Lipinski definition) is 6. The van der Waals surface area contributed by atoms with Crippen LogP contribution in [0, 0.1) is 0 Å². The zero-order valence-electron chi connectivity index (χ0n) is 18.9. The first kappa shape index (κ1) is 25.5. The molecule has 0 spiro atoms. The molecule has 3 N–H and O–H groups in total. The highest BCUT2D eigenvalue weighted by atomic mass is 79.9. The number of anilines is 1. The van der Waals surface area contributed by atoms with E-state index in [2.05, 4.69) is 26.6 Å². The van der Waals surface area contributed by atoms with Gasteiger partial charge in [-0.25, -0.2) is 13.7 Å². The lowest BCUT2D eigenvalue weighted by Gasteiger charge is -2.39. The molecule has 0 radical (unpaired) electrons. The van der Waals surface area contributed by atoms with E-state index in [1.54, 1.807) is 19.1 Å². The smallest absolute Gasteiger partial charge is 0.217 e. The molecule has 1 aliphatic heterocycles. The Kier molecular flexibility index (Phi) is 7.73. The molecule has 1 aliphatic carbocycles. The van der Waals surface area contributed by atoms with Gasteiger partial charge < -0.3 is 20.5 Å². The molecule has 1 saturated heterocycles. The molecule has 1 aromatic carbocycles. The van der Waals surface area contributed by atoms with Crippen molar-refractivity contribution in [2.24, 2.45) is 0 Å². The van der Waals surface area contributed by atoms with Crippen molar-refractivity contribution in [1.29, 1.82) is 0 Å². The number of rotatable bonds is 6. The Hall–Kier alpha value is -2.14. The second kappa shape index (κ2) is 10.0. The molecule has 3 rings (SSSR count). The predicted octanol–water partition coefficient (Wildman–Crippen LogP) is 3.65. The van der Waals surface area contributed by atoms with Gasteiger partial charge in [0.1, 0.15) is 17.4 Å². The second-order valence-corrected chi connectivity index (χ2v) is 9.67. The number of hydrogen-bond donors (Lipinski definition) is 3. The van der Waals surface area contributed by atoms with Gasteiger partial charge in [-0.15, -0.1) is 0 Å². The van der Waals surface area contributed by atoms with Crippen molar-refractivity contribution in [3.8, 4) is 0 Å². The molecular formula is C23H28BrF2N3O4. The number of carbonyl (C=O) groups is 1. The summed E-state index contributed by atoms with van der Waals surface area (Å²) in [4.78, 5) is 25.1. The molecular weight excluding hydrogens is 500 g/mol. The van der Waals surface area contributed by atoms with Crippen molar-refractivity contribution in [1.82, 2.24) is 10.2 Å². The fourth-order valence-corrected chi connectivity index (χ4v) is 4.68.